The van der Waals surface area contributed by atoms with Gasteiger partial charge in [-0.1, -0.05) is 11.6 Å². The predicted octanol–water partition coefficient (Wildman–Crippen LogP) is 3.15. The number of hydrogen-bond donors (Lipinski definition) is 1. The molecule has 0 spiro atoms. The van der Waals surface area contributed by atoms with Gasteiger partial charge in [-0.05, 0) is 41.1 Å². The zero-order chi connectivity index (χ0) is 14.2. The summed E-state index contributed by atoms with van der Waals surface area (Å²) in [6, 6.07) is 4.89. The lowest BCUT2D eigenvalue weighted by atomic mass is 10.0. The Morgan fingerprint density at radius 2 is 2.21 bits per heavy atom. The summed E-state index contributed by atoms with van der Waals surface area (Å²) in [4.78, 5) is 12.3. The van der Waals surface area contributed by atoms with Crippen molar-refractivity contribution in [2.45, 2.75) is 13.3 Å². The molecule has 6 heteroatoms. The summed E-state index contributed by atoms with van der Waals surface area (Å²) in [6.45, 7) is 1.88. The van der Waals surface area contributed by atoms with Crippen LogP contribution in [0.2, 0.25) is 5.02 Å². The molecule has 1 heterocycles. The number of nitrogens with two attached hydrogens (primary N) is 1. The lowest BCUT2D eigenvalue weighted by Crippen LogP contribution is -2.10. The average molecular weight is 343 g/mol. The third-order valence-electron chi connectivity index (χ3n) is 2.90. The molecule has 0 saturated carbocycles. The highest BCUT2D eigenvalue weighted by Gasteiger charge is 2.17. The molecular formula is C13H13BrClN3O. The van der Waals surface area contributed by atoms with Crippen molar-refractivity contribution in [3.8, 4) is 0 Å². The molecule has 0 aliphatic heterocycles. The van der Waals surface area contributed by atoms with Crippen LogP contribution in [0, 0.1) is 6.92 Å². The summed E-state index contributed by atoms with van der Waals surface area (Å²) in [5.41, 5.74) is 8.38. The van der Waals surface area contributed by atoms with Crippen molar-refractivity contribution in [3.05, 3.63) is 44.6 Å². The molecule has 0 aliphatic rings. The first-order valence-corrected chi connectivity index (χ1v) is 6.83. The van der Waals surface area contributed by atoms with Crippen molar-refractivity contribution in [2.24, 2.45) is 7.05 Å². The highest BCUT2D eigenvalue weighted by Crippen LogP contribution is 2.24. The van der Waals surface area contributed by atoms with Gasteiger partial charge in [0.05, 0.1) is 22.3 Å². The number of aromatic nitrogens is 2. The Hall–Kier alpha value is -1.33. The molecule has 19 heavy (non-hydrogen) atoms. The van der Waals surface area contributed by atoms with Gasteiger partial charge in [0.1, 0.15) is 0 Å². The number of Topliss-reactive ketones (excluding diaryl/α,β-unsaturated/α-hetero) is 1. The number of carbonyl (C=O) groups excluding carboxylic acids is 1. The minimum atomic E-state index is -0.0575. The highest BCUT2D eigenvalue weighted by molar-refractivity contribution is 9.10. The topological polar surface area (TPSA) is 60.9 Å². The molecule has 0 radical (unpaired) electrons. The first kappa shape index (κ1) is 14.1. The zero-order valence-corrected chi connectivity index (χ0v) is 12.9. The Morgan fingerprint density at radius 3 is 2.74 bits per heavy atom. The first-order valence-electron chi connectivity index (χ1n) is 5.66. The van der Waals surface area contributed by atoms with Crippen molar-refractivity contribution in [1.29, 1.82) is 0 Å². The summed E-state index contributed by atoms with van der Waals surface area (Å²) in [5.74, 6) is -0.0575. The molecule has 2 rings (SSSR count). The lowest BCUT2D eigenvalue weighted by Gasteiger charge is -2.06. The molecule has 0 aliphatic carbocycles. The fraction of sp³-hybridized carbons (Fsp3) is 0.231. The number of rotatable bonds is 3. The summed E-state index contributed by atoms with van der Waals surface area (Å²) < 4.78 is 2.56. The summed E-state index contributed by atoms with van der Waals surface area (Å²) >= 11 is 9.27. The van der Waals surface area contributed by atoms with Gasteiger partial charge in [0.2, 0.25) is 0 Å². The molecule has 0 saturated heterocycles. The van der Waals surface area contributed by atoms with Gasteiger partial charge in [-0.3, -0.25) is 9.48 Å². The molecule has 1 aromatic carbocycles. The Morgan fingerprint density at radius 1 is 1.53 bits per heavy atom. The number of ketones is 1. The Labute approximate surface area is 124 Å². The van der Waals surface area contributed by atoms with Crippen molar-refractivity contribution >= 4 is 39.0 Å². The second-order valence-electron chi connectivity index (χ2n) is 4.30. The monoisotopic (exact) mass is 341 g/mol. The molecule has 0 bridgehead atoms. The van der Waals surface area contributed by atoms with Gasteiger partial charge in [-0.15, -0.1) is 0 Å². The standard InChI is InChI=1S/C13H13BrClN3O/c1-7-13(14)11(18(2)17-7)6-12(19)9-4-3-8(15)5-10(9)16/h3-5H,6,16H2,1-2H3. The number of carbonyl (C=O) groups is 1. The van der Waals surface area contributed by atoms with E-state index in [1.54, 1.807) is 22.9 Å². The molecule has 2 N–H and O–H groups in total. The fourth-order valence-corrected chi connectivity index (χ4v) is 2.56. The van der Waals surface area contributed by atoms with Crippen molar-refractivity contribution in [2.75, 3.05) is 5.73 Å². The molecular weight excluding hydrogens is 330 g/mol. The number of nitrogens with zero attached hydrogens (tertiary/aromatic N) is 2. The van der Waals surface area contributed by atoms with Crippen LogP contribution >= 0.6 is 27.5 Å². The highest BCUT2D eigenvalue weighted by atomic mass is 79.9. The third kappa shape index (κ3) is 2.82. The summed E-state index contributed by atoms with van der Waals surface area (Å²) in [6.07, 6.45) is 0.240. The van der Waals surface area contributed by atoms with E-state index in [2.05, 4.69) is 21.0 Å². The van der Waals surface area contributed by atoms with Gasteiger partial charge in [0.25, 0.3) is 0 Å². The van der Waals surface area contributed by atoms with Crippen LogP contribution in [-0.2, 0) is 13.5 Å². The second kappa shape index (κ2) is 5.35. The molecule has 2 aromatic rings. The van der Waals surface area contributed by atoms with Crippen LogP contribution in [-0.4, -0.2) is 15.6 Å². The normalized spacial score (nSPS) is 10.7. The number of halogens is 2. The maximum absolute atomic E-state index is 12.3. The smallest absolute Gasteiger partial charge is 0.170 e. The molecule has 0 unspecified atom stereocenters. The average Bonchev–Trinajstić information content (AvgIpc) is 2.56. The van der Waals surface area contributed by atoms with E-state index in [0.29, 0.717) is 16.3 Å². The summed E-state index contributed by atoms with van der Waals surface area (Å²) in [5, 5.41) is 4.78. The second-order valence-corrected chi connectivity index (χ2v) is 5.53. The number of aryl methyl sites for hydroxylation is 2. The van der Waals surface area contributed by atoms with Crippen LogP contribution in [0.25, 0.3) is 0 Å². The van der Waals surface area contributed by atoms with Crippen molar-refractivity contribution in [3.63, 3.8) is 0 Å². The van der Waals surface area contributed by atoms with Crippen LogP contribution in [0.15, 0.2) is 22.7 Å². The predicted molar refractivity (Wildman–Crippen MR) is 79.5 cm³/mol. The molecule has 0 fully saturated rings. The van der Waals surface area contributed by atoms with Gasteiger partial charge in [0, 0.05) is 23.3 Å². The number of benzene rings is 1. The first-order chi connectivity index (χ1) is 8.90. The van der Waals surface area contributed by atoms with E-state index in [1.807, 2.05) is 14.0 Å². The molecule has 0 atom stereocenters. The van der Waals surface area contributed by atoms with Gasteiger partial charge < -0.3 is 5.73 Å². The van der Waals surface area contributed by atoms with Crippen LogP contribution in [0.1, 0.15) is 21.7 Å². The van der Waals surface area contributed by atoms with E-state index >= 15 is 0 Å². The van der Waals surface area contributed by atoms with E-state index < -0.39 is 0 Å². The largest absolute Gasteiger partial charge is 0.398 e. The van der Waals surface area contributed by atoms with E-state index in [4.69, 9.17) is 17.3 Å². The quantitative estimate of drug-likeness (QED) is 0.688. The van der Waals surface area contributed by atoms with E-state index in [-0.39, 0.29) is 12.2 Å². The number of hydrogen-bond acceptors (Lipinski definition) is 3. The van der Waals surface area contributed by atoms with Crippen LogP contribution in [0.3, 0.4) is 0 Å². The third-order valence-corrected chi connectivity index (χ3v) is 4.17. The molecule has 4 nitrogen and oxygen atoms in total. The zero-order valence-electron chi connectivity index (χ0n) is 10.6. The van der Waals surface area contributed by atoms with Gasteiger partial charge in [0.15, 0.2) is 5.78 Å². The minimum Gasteiger partial charge on any atom is -0.398 e. The fourth-order valence-electron chi connectivity index (χ4n) is 1.91. The van der Waals surface area contributed by atoms with Crippen LogP contribution in [0.4, 0.5) is 5.69 Å². The van der Waals surface area contributed by atoms with Crippen molar-refractivity contribution in [1.82, 2.24) is 9.78 Å². The summed E-state index contributed by atoms with van der Waals surface area (Å²) in [7, 11) is 1.81. The lowest BCUT2D eigenvalue weighted by molar-refractivity contribution is 0.0991. The Balaban J connectivity index is 2.31. The Bertz CT molecular complexity index is 652. The molecule has 0 amide bonds. The molecule has 100 valence electrons. The maximum Gasteiger partial charge on any atom is 0.170 e. The Kier molecular flexibility index (Phi) is 3.96. The number of nitrogen functional groups attached to an aromatic ring is 1. The number of anilines is 1. The maximum atomic E-state index is 12.3. The van der Waals surface area contributed by atoms with Gasteiger partial charge in [-0.25, -0.2) is 0 Å². The van der Waals surface area contributed by atoms with Gasteiger partial charge >= 0.3 is 0 Å². The molecule has 1 aromatic heterocycles. The van der Waals surface area contributed by atoms with E-state index in [9.17, 15) is 4.79 Å². The van der Waals surface area contributed by atoms with Crippen LogP contribution in [0.5, 0.6) is 0 Å². The van der Waals surface area contributed by atoms with Crippen LogP contribution < -0.4 is 5.73 Å². The van der Waals surface area contributed by atoms with E-state index in [0.717, 1.165) is 15.9 Å². The van der Waals surface area contributed by atoms with Gasteiger partial charge in [-0.2, -0.15) is 5.10 Å². The van der Waals surface area contributed by atoms with Crippen molar-refractivity contribution < 1.29 is 4.79 Å². The van der Waals surface area contributed by atoms with E-state index in [1.165, 1.54) is 0 Å². The SMILES string of the molecule is Cc1nn(C)c(CC(=O)c2ccc(Cl)cc2N)c1Br. The minimum absolute atomic E-state index is 0.0575.